The minimum absolute atomic E-state index is 0.151. The molecule has 1 aromatic rings. The average molecular weight is 208 g/mol. The first kappa shape index (κ1) is 9.96. The number of rotatable bonds is 3. The molecule has 1 fully saturated rings. The van der Waals surface area contributed by atoms with Crippen LogP contribution in [0.3, 0.4) is 0 Å². The van der Waals surface area contributed by atoms with Crippen molar-refractivity contribution in [2.45, 2.75) is 19.8 Å². The van der Waals surface area contributed by atoms with Crippen LogP contribution in [0.4, 0.5) is 0 Å². The van der Waals surface area contributed by atoms with E-state index in [-0.39, 0.29) is 5.78 Å². The molecule has 4 heteroatoms. The Balaban J connectivity index is 2.28. The topological polar surface area (TPSA) is 56.5 Å². The van der Waals surface area contributed by atoms with Gasteiger partial charge in [-0.1, -0.05) is 0 Å². The molecule has 1 aliphatic rings. The van der Waals surface area contributed by atoms with E-state index in [9.17, 15) is 9.59 Å². The van der Waals surface area contributed by atoms with Gasteiger partial charge in [-0.05, 0) is 19.1 Å². The van der Waals surface area contributed by atoms with Gasteiger partial charge in [0.15, 0.2) is 0 Å². The van der Waals surface area contributed by atoms with E-state index in [0.29, 0.717) is 25.2 Å². The number of ether oxygens (including phenoxy) is 1. The normalized spacial score (nSPS) is 25.3. The molecule has 2 heterocycles. The lowest BCUT2D eigenvalue weighted by atomic mass is 9.79. The Labute approximate surface area is 87.2 Å². The Kier molecular flexibility index (Phi) is 2.34. The van der Waals surface area contributed by atoms with Gasteiger partial charge in [-0.3, -0.25) is 9.59 Å². The van der Waals surface area contributed by atoms with Crippen molar-refractivity contribution in [3.8, 4) is 0 Å². The van der Waals surface area contributed by atoms with Crippen molar-refractivity contribution in [3.05, 3.63) is 24.2 Å². The highest BCUT2D eigenvalue weighted by molar-refractivity contribution is 6.03. The van der Waals surface area contributed by atoms with Crippen LogP contribution in [-0.2, 0) is 20.7 Å². The Morgan fingerprint density at radius 1 is 1.60 bits per heavy atom. The molecular formula is C11H12O4. The zero-order valence-electron chi connectivity index (χ0n) is 8.49. The molecule has 80 valence electrons. The van der Waals surface area contributed by atoms with Crippen LogP contribution >= 0.6 is 0 Å². The van der Waals surface area contributed by atoms with Gasteiger partial charge in [0.2, 0.25) is 0 Å². The molecule has 1 unspecified atom stereocenters. The summed E-state index contributed by atoms with van der Waals surface area (Å²) in [7, 11) is 0. The molecule has 1 saturated heterocycles. The number of hydrogen-bond donors (Lipinski definition) is 0. The van der Waals surface area contributed by atoms with Crippen LogP contribution in [0.25, 0.3) is 0 Å². The maximum absolute atomic E-state index is 11.6. The predicted molar refractivity (Wildman–Crippen MR) is 51.1 cm³/mol. The van der Waals surface area contributed by atoms with Crippen LogP contribution < -0.4 is 0 Å². The number of carbonyl (C=O) groups excluding carboxylic acids is 2. The van der Waals surface area contributed by atoms with Crippen LogP contribution in [0.5, 0.6) is 0 Å². The second-order valence-corrected chi connectivity index (χ2v) is 3.78. The molecule has 0 aliphatic carbocycles. The van der Waals surface area contributed by atoms with E-state index in [1.807, 2.05) is 0 Å². The van der Waals surface area contributed by atoms with Gasteiger partial charge >= 0.3 is 5.97 Å². The van der Waals surface area contributed by atoms with Crippen LogP contribution in [0.15, 0.2) is 22.8 Å². The number of cyclic esters (lactones) is 1. The monoisotopic (exact) mass is 208 g/mol. The first-order valence-electron chi connectivity index (χ1n) is 4.86. The molecule has 15 heavy (non-hydrogen) atoms. The standard InChI is InChI=1S/C11H12O4/c1-8(12)11(4-6-15-10(11)13)7-9-3-2-5-14-9/h2-3,5H,4,6-7H2,1H3. The van der Waals surface area contributed by atoms with Gasteiger partial charge in [-0.25, -0.2) is 0 Å². The van der Waals surface area contributed by atoms with E-state index in [2.05, 4.69) is 0 Å². The van der Waals surface area contributed by atoms with E-state index in [1.54, 1.807) is 12.1 Å². The molecule has 0 saturated carbocycles. The lowest BCUT2D eigenvalue weighted by Gasteiger charge is -2.19. The molecule has 2 rings (SSSR count). The summed E-state index contributed by atoms with van der Waals surface area (Å²) in [6.07, 6.45) is 2.28. The lowest BCUT2D eigenvalue weighted by Crippen LogP contribution is -2.36. The summed E-state index contributed by atoms with van der Waals surface area (Å²) in [6.45, 7) is 1.74. The molecule has 0 aromatic carbocycles. The van der Waals surface area contributed by atoms with Gasteiger partial charge < -0.3 is 9.15 Å². The second kappa shape index (κ2) is 3.53. The SMILES string of the molecule is CC(=O)C1(Cc2ccco2)CCOC1=O. The molecule has 0 N–H and O–H groups in total. The van der Waals surface area contributed by atoms with Crippen molar-refractivity contribution in [2.75, 3.05) is 6.61 Å². The van der Waals surface area contributed by atoms with Crippen molar-refractivity contribution in [3.63, 3.8) is 0 Å². The smallest absolute Gasteiger partial charge is 0.320 e. The van der Waals surface area contributed by atoms with Gasteiger partial charge in [0.1, 0.15) is 17.0 Å². The Morgan fingerprint density at radius 3 is 2.87 bits per heavy atom. The fraction of sp³-hybridized carbons (Fsp3) is 0.455. The minimum atomic E-state index is -1.02. The molecule has 4 nitrogen and oxygen atoms in total. The predicted octanol–water partition coefficient (Wildman–Crippen LogP) is 1.34. The van der Waals surface area contributed by atoms with E-state index in [0.717, 1.165) is 0 Å². The molecular weight excluding hydrogens is 196 g/mol. The van der Waals surface area contributed by atoms with E-state index in [4.69, 9.17) is 9.15 Å². The third kappa shape index (κ3) is 1.56. The van der Waals surface area contributed by atoms with E-state index >= 15 is 0 Å². The molecule has 0 spiro atoms. The third-order valence-corrected chi connectivity index (χ3v) is 2.88. The van der Waals surface area contributed by atoms with Crippen LogP contribution in [0.1, 0.15) is 19.1 Å². The summed E-state index contributed by atoms with van der Waals surface area (Å²) in [5.41, 5.74) is -1.02. The number of carbonyl (C=O) groups is 2. The minimum Gasteiger partial charge on any atom is -0.469 e. The van der Waals surface area contributed by atoms with Crippen LogP contribution in [0.2, 0.25) is 0 Å². The van der Waals surface area contributed by atoms with Crippen molar-refractivity contribution in [2.24, 2.45) is 5.41 Å². The van der Waals surface area contributed by atoms with Gasteiger partial charge in [0, 0.05) is 12.8 Å². The molecule has 1 atom stereocenters. The summed E-state index contributed by atoms with van der Waals surface area (Å²) >= 11 is 0. The van der Waals surface area contributed by atoms with Crippen molar-refractivity contribution >= 4 is 11.8 Å². The summed E-state index contributed by atoms with van der Waals surface area (Å²) in [6, 6.07) is 3.50. The quantitative estimate of drug-likeness (QED) is 0.555. The average Bonchev–Trinajstić information content (AvgIpc) is 2.78. The summed E-state index contributed by atoms with van der Waals surface area (Å²) < 4.78 is 10.0. The van der Waals surface area contributed by atoms with Gasteiger partial charge in [0.05, 0.1) is 12.9 Å². The number of hydrogen-bond acceptors (Lipinski definition) is 4. The number of ketones is 1. The Morgan fingerprint density at radius 2 is 2.40 bits per heavy atom. The van der Waals surface area contributed by atoms with Crippen LogP contribution in [0, 0.1) is 5.41 Å². The second-order valence-electron chi connectivity index (χ2n) is 3.78. The fourth-order valence-electron chi connectivity index (χ4n) is 1.87. The maximum atomic E-state index is 11.6. The van der Waals surface area contributed by atoms with Gasteiger partial charge in [-0.15, -0.1) is 0 Å². The number of furan rings is 1. The molecule has 1 aromatic heterocycles. The Bertz CT molecular complexity index is 379. The van der Waals surface area contributed by atoms with E-state index in [1.165, 1.54) is 13.2 Å². The zero-order chi connectivity index (χ0) is 10.9. The van der Waals surface area contributed by atoms with Gasteiger partial charge in [-0.2, -0.15) is 0 Å². The maximum Gasteiger partial charge on any atom is 0.320 e. The van der Waals surface area contributed by atoms with E-state index < -0.39 is 11.4 Å². The number of esters is 1. The molecule has 0 amide bonds. The first-order valence-corrected chi connectivity index (χ1v) is 4.86. The highest BCUT2D eigenvalue weighted by Crippen LogP contribution is 2.35. The van der Waals surface area contributed by atoms with Crippen molar-refractivity contribution in [1.82, 2.24) is 0 Å². The molecule has 0 radical (unpaired) electrons. The summed E-state index contributed by atoms with van der Waals surface area (Å²) in [5.74, 6) is 0.0665. The largest absolute Gasteiger partial charge is 0.469 e. The number of Topliss-reactive ketones (excluding diaryl/α,β-unsaturated/α-hetero) is 1. The summed E-state index contributed by atoms with van der Waals surface area (Å²) in [4.78, 5) is 23.1. The van der Waals surface area contributed by atoms with Crippen LogP contribution in [-0.4, -0.2) is 18.4 Å². The molecule has 1 aliphatic heterocycles. The first-order chi connectivity index (χ1) is 7.15. The van der Waals surface area contributed by atoms with Gasteiger partial charge in [0.25, 0.3) is 0 Å². The zero-order valence-corrected chi connectivity index (χ0v) is 8.49. The van der Waals surface area contributed by atoms with Crippen molar-refractivity contribution < 1.29 is 18.7 Å². The summed E-state index contributed by atoms with van der Waals surface area (Å²) in [5, 5.41) is 0. The fourth-order valence-corrected chi connectivity index (χ4v) is 1.87. The van der Waals surface area contributed by atoms with Crippen molar-refractivity contribution in [1.29, 1.82) is 0 Å². The molecule has 0 bridgehead atoms. The highest BCUT2D eigenvalue weighted by atomic mass is 16.5. The Hall–Kier alpha value is -1.58. The highest BCUT2D eigenvalue weighted by Gasteiger charge is 2.49. The lowest BCUT2D eigenvalue weighted by molar-refractivity contribution is -0.150. The third-order valence-electron chi connectivity index (χ3n) is 2.88.